The zero-order valence-electron chi connectivity index (χ0n) is 19.1. The Balaban J connectivity index is 1.39. The molecule has 7 aromatic rings. The standard InChI is InChI=1S/C31H19N3O2/c35-31-33-30(32-28-11-4-5-18-34(28)31)24-9-6-10-27-29(24)25-19-23(16-17-26(25)36-27)22-14-12-21(13-15-22)20-7-2-1-3-8-20/h1-19H. The fraction of sp³-hybridized carbons (Fsp3) is 0. The Bertz CT molecular complexity index is 1950. The monoisotopic (exact) mass is 465 g/mol. The predicted octanol–water partition coefficient (Wildman–Crippen LogP) is 6.99. The molecule has 5 nitrogen and oxygen atoms in total. The summed E-state index contributed by atoms with van der Waals surface area (Å²) >= 11 is 0. The van der Waals surface area contributed by atoms with Crippen molar-refractivity contribution in [2.45, 2.75) is 0 Å². The van der Waals surface area contributed by atoms with Crippen molar-refractivity contribution in [3.63, 3.8) is 0 Å². The first-order valence-electron chi connectivity index (χ1n) is 11.7. The van der Waals surface area contributed by atoms with Crippen LogP contribution in [0.3, 0.4) is 0 Å². The SMILES string of the molecule is O=c1nc(-c2cccc3oc4ccc(-c5ccc(-c6ccccc6)cc5)cc4c23)nc2ccccn12. The molecule has 36 heavy (non-hydrogen) atoms. The van der Waals surface area contributed by atoms with Gasteiger partial charge < -0.3 is 4.42 Å². The lowest BCUT2D eigenvalue weighted by Gasteiger charge is -2.06. The molecule has 0 aliphatic rings. The molecule has 3 aromatic heterocycles. The van der Waals surface area contributed by atoms with E-state index in [0.717, 1.165) is 38.6 Å². The van der Waals surface area contributed by atoms with E-state index < -0.39 is 0 Å². The third-order valence-electron chi connectivity index (χ3n) is 6.53. The first kappa shape index (κ1) is 20.4. The molecule has 3 heterocycles. The zero-order valence-corrected chi connectivity index (χ0v) is 19.1. The fourth-order valence-corrected chi connectivity index (χ4v) is 4.76. The van der Waals surface area contributed by atoms with Gasteiger partial charge in [-0.3, -0.25) is 4.40 Å². The summed E-state index contributed by atoms with van der Waals surface area (Å²) in [7, 11) is 0. The second-order valence-corrected chi connectivity index (χ2v) is 8.69. The summed E-state index contributed by atoms with van der Waals surface area (Å²) in [6.45, 7) is 0. The van der Waals surface area contributed by atoms with Crippen molar-refractivity contribution in [3.05, 3.63) is 126 Å². The summed E-state index contributed by atoms with van der Waals surface area (Å²) in [6, 6.07) is 36.3. The summed E-state index contributed by atoms with van der Waals surface area (Å²) in [4.78, 5) is 21.6. The number of hydrogen-bond donors (Lipinski definition) is 0. The molecule has 0 aliphatic carbocycles. The Morgan fingerprint density at radius 1 is 0.611 bits per heavy atom. The maximum absolute atomic E-state index is 12.7. The highest BCUT2D eigenvalue weighted by Crippen LogP contribution is 2.37. The van der Waals surface area contributed by atoms with Crippen LogP contribution in [0.5, 0.6) is 0 Å². The molecule has 0 aliphatic heterocycles. The van der Waals surface area contributed by atoms with Gasteiger partial charge >= 0.3 is 5.69 Å². The van der Waals surface area contributed by atoms with Crippen LogP contribution in [0.25, 0.3) is 61.2 Å². The van der Waals surface area contributed by atoms with Gasteiger partial charge in [0.05, 0.1) is 0 Å². The van der Waals surface area contributed by atoms with Crippen LogP contribution in [-0.4, -0.2) is 14.4 Å². The molecule has 0 radical (unpaired) electrons. The number of pyridine rings is 1. The molecule has 0 bridgehead atoms. The minimum Gasteiger partial charge on any atom is -0.456 e. The second-order valence-electron chi connectivity index (χ2n) is 8.69. The minimum atomic E-state index is -0.361. The van der Waals surface area contributed by atoms with Gasteiger partial charge in [0.15, 0.2) is 5.82 Å². The predicted molar refractivity (Wildman–Crippen MR) is 143 cm³/mol. The van der Waals surface area contributed by atoms with E-state index in [1.807, 2.05) is 48.5 Å². The van der Waals surface area contributed by atoms with Gasteiger partial charge in [-0.05, 0) is 52.6 Å². The van der Waals surface area contributed by atoms with Gasteiger partial charge in [-0.15, -0.1) is 0 Å². The van der Waals surface area contributed by atoms with E-state index in [1.54, 1.807) is 18.3 Å². The Morgan fingerprint density at radius 3 is 2.17 bits per heavy atom. The van der Waals surface area contributed by atoms with Gasteiger partial charge in [-0.2, -0.15) is 4.98 Å². The molecule has 0 atom stereocenters. The van der Waals surface area contributed by atoms with Crippen molar-refractivity contribution >= 4 is 27.6 Å². The molecule has 0 N–H and O–H groups in total. The van der Waals surface area contributed by atoms with Crippen LogP contribution in [0, 0.1) is 0 Å². The Hall–Kier alpha value is -5.03. The molecule has 0 fully saturated rings. The lowest BCUT2D eigenvalue weighted by atomic mass is 9.98. The van der Waals surface area contributed by atoms with Gasteiger partial charge in [0, 0.05) is 22.5 Å². The number of benzene rings is 4. The average molecular weight is 466 g/mol. The Kier molecular flexibility index (Phi) is 4.54. The largest absolute Gasteiger partial charge is 0.456 e. The van der Waals surface area contributed by atoms with Crippen LogP contribution in [0.15, 0.2) is 125 Å². The first-order chi connectivity index (χ1) is 17.7. The fourth-order valence-electron chi connectivity index (χ4n) is 4.76. The molecule has 4 aromatic carbocycles. The zero-order chi connectivity index (χ0) is 24.1. The van der Waals surface area contributed by atoms with Crippen molar-refractivity contribution < 1.29 is 4.42 Å². The number of hydrogen-bond acceptors (Lipinski definition) is 4. The Labute approximate surface area is 205 Å². The third-order valence-corrected chi connectivity index (χ3v) is 6.53. The van der Waals surface area contributed by atoms with E-state index in [2.05, 4.69) is 58.5 Å². The Morgan fingerprint density at radius 2 is 1.33 bits per heavy atom. The maximum atomic E-state index is 12.7. The highest BCUT2D eigenvalue weighted by molar-refractivity contribution is 6.12. The third kappa shape index (κ3) is 3.29. The van der Waals surface area contributed by atoms with Crippen LogP contribution in [-0.2, 0) is 0 Å². The van der Waals surface area contributed by atoms with Crippen LogP contribution in [0.4, 0.5) is 0 Å². The molecule has 0 amide bonds. The summed E-state index contributed by atoms with van der Waals surface area (Å²) in [6.07, 6.45) is 1.67. The van der Waals surface area contributed by atoms with Gasteiger partial charge in [0.25, 0.3) is 0 Å². The quantitative estimate of drug-likeness (QED) is 0.282. The van der Waals surface area contributed by atoms with Crippen LogP contribution >= 0.6 is 0 Å². The molecule has 0 saturated carbocycles. The summed E-state index contributed by atoms with van der Waals surface area (Å²) in [5.41, 5.74) is 7.04. The topological polar surface area (TPSA) is 60.4 Å². The van der Waals surface area contributed by atoms with E-state index in [-0.39, 0.29) is 5.69 Å². The van der Waals surface area contributed by atoms with Crippen molar-refractivity contribution in [1.29, 1.82) is 0 Å². The van der Waals surface area contributed by atoms with Crippen molar-refractivity contribution in [3.8, 4) is 33.6 Å². The molecule has 0 saturated heterocycles. The van der Waals surface area contributed by atoms with Crippen molar-refractivity contribution in [2.75, 3.05) is 0 Å². The van der Waals surface area contributed by atoms with Gasteiger partial charge in [0.1, 0.15) is 16.8 Å². The molecular weight excluding hydrogens is 446 g/mol. The first-order valence-corrected chi connectivity index (χ1v) is 11.7. The average Bonchev–Trinajstić information content (AvgIpc) is 3.32. The van der Waals surface area contributed by atoms with Crippen LogP contribution < -0.4 is 5.69 Å². The number of fused-ring (bicyclic) bond motifs is 4. The van der Waals surface area contributed by atoms with E-state index in [9.17, 15) is 4.79 Å². The number of aromatic nitrogens is 3. The summed E-state index contributed by atoms with van der Waals surface area (Å²) < 4.78 is 7.60. The lowest BCUT2D eigenvalue weighted by molar-refractivity contribution is 0.669. The molecular formula is C31H19N3O2. The number of nitrogens with zero attached hydrogens (tertiary/aromatic N) is 3. The van der Waals surface area contributed by atoms with Crippen molar-refractivity contribution in [1.82, 2.24) is 14.4 Å². The normalized spacial score (nSPS) is 11.4. The van der Waals surface area contributed by atoms with Crippen LogP contribution in [0.2, 0.25) is 0 Å². The second kappa shape index (κ2) is 8.03. The summed E-state index contributed by atoms with van der Waals surface area (Å²) in [5.74, 6) is 0.386. The van der Waals surface area contributed by atoms with E-state index >= 15 is 0 Å². The molecule has 5 heteroatoms. The molecule has 170 valence electrons. The number of furan rings is 1. The van der Waals surface area contributed by atoms with Crippen LogP contribution in [0.1, 0.15) is 0 Å². The van der Waals surface area contributed by atoms with Crippen molar-refractivity contribution in [2.24, 2.45) is 0 Å². The smallest absolute Gasteiger partial charge is 0.355 e. The molecule has 7 rings (SSSR count). The van der Waals surface area contributed by atoms with Gasteiger partial charge in [-0.1, -0.05) is 78.9 Å². The molecule has 0 unspecified atom stereocenters. The highest BCUT2D eigenvalue weighted by atomic mass is 16.3. The lowest BCUT2D eigenvalue weighted by Crippen LogP contribution is -2.18. The maximum Gasteiger partial charge on any atom is 0.355 e. The summed E-state index contributed by atoms with van der Waals surface area (Å²) in [5, 5.41) is 1.86. The molecule has 0 spiro atoms. The highest BCUT2D eigenvalue weighted by Gasteiger charge is 2.16. The van der Waals surface area contributed by atoms with Gasteiger partial charge in [0.2, 0.25) is 0 Å². The number of rotatable bonds is 3. The van der Waals surface area contributed by atoms with Gasteiger partial charge in [-0.25, -0.2) is 9.78 Å². The van der Waals surface area contributed by atoms with E-state index in [0.29, 0.717) is 11.5 Å². The minimum absolute atomic E-state index is 0.361. The van der Waals surface area contributed by atoms with E-state index in [4.69, 9.17) is 4.42 Å². The van der Waals surface area contributed by atoms with E-state index in [1.165, 1.54) is 15.5 Å².